The van der Waals surface area contributed by atoms with E-state index in [-0.39, 0.29) is 30.7 Å². The number of H-pyrrole nitrogens is 1. The van der Waals surface area contributed by atoms with Crippen LogP contribution in [0.15, 0.2) is 60.7 Å². The summed E-state index contributed by atoms with van der Waals surface area (Å²) in [5.41, 5.74) is 2.45. The van der Waals surface area contributed by atoms with Crippen molar-refractivity contribution in [2.24, 2.45) is 0 Å². The zero-order chi connectivity index (χ0) is 32.6. The molecule has 2 aromatic heterocycles. The molecule has 0 spiro atoms. The number of amides is 3. The monoisotopic (exact) mass is 639 g/mol. The van der Waals surface area contributed by atoms with Gasteiger partial charge in [-0.3, -0.25) is 9.59 Å². The van der Waals surface area contributed by atoms with Crippen molar-refractivity contribution in [3.05, 3.63) is 71.9 Å². The molecular formula is C33H37N9O5. The first-order chi connectivity index (χ1) is 23.0. The van der Waals surface area contributed by atoms with Gasteiger partial charge in [0.25, 0.3) is 5.91 Å². The minimum atomic E-state index is -0.913. The Bertz CT molecular complexity index is 1650. The fourth-order valence-corrected chi connectivity index (χ4v) is 5.79. The van der Waals surface area contributed by atoms with Gasteiger partial charge in [0.15, 0.2) is 11.6 Å². The average Bonchev–Trinajstić information content (AvgIpc) is 3.84. The third-order valence-electron chi connectivity index (χ3n) is 8.29. The third kappa shape index (κ3) is 7.88. The second-order valence-corrected chi connectivity index (χ2v) is 11.5. The summed E-state index contributed by atoms with van der Waals surface area (Å²) in [6.45, 7) is 3.32. The van der Waals surface area contributed by atoms with E-state index in [0.717, 1.165) is 42.4 Å². The maximum absolute atomic E-state index is 14.0. The lowest BCUT2D eigenvalue weighted by Crippen LogP contribution is -2.56. The molecule has 2 N–H and O–H groups in total. The molecule has 1 saturated heterocycles. The predicted molar refractivity (Wildman–Crippen MR) is 170 cm³/mol. The molecule has 2 aliphatic rings. The van der Waals surface area contributed by atoms with E-state index in [1.807, 2.05) is 54.6 Å². The normalized spacial score (nSPS) is 15.7. The molecule has 0 unspecified atom stereocenters. The molecule has 1 aliphatic heterocycles. The molecule has 14 heteroatoms. The van der Waals surface area contributed by atoms with Gasteiger partial charge < -0.3 is 24.6 Å². The number of aromatic nitrogens is 6. The van der Waals surface area contributed by atoms with E-state index in [0.29, 0.717) is 43.7 Å². The summed E-state index contributed by atoms with van der Waals surface area (Å²) in [5, 5.41) is 16.9. The first kappa shape index (κ1) is 31.6. The Morgan fingerprint density at radius 3 is 2.34 bits per heavy atom. The summed E-state index contributed by atoms with van der Waals surface area (Å²) in [6.07, 6.45) is 3.88. The fraction of sp³-hybridized carbons (Fsp3) is 0.394. The number of rotatable bonds is 10. The van der Waals surface area contributed by atoms with E-state index in [1.165, 1.54) is 0 Å². The summed E-state index contributed by atoms with van der Waals surface area (Å²) in [7, 11) is 0. The number of ether oxygens (including phenoxy) is 2. The minimum Gasteiger partial charge on any atom is -0.474 e. The van der Waals surface area contributed by atoms with E-state index in [2.05, 4.69) is 35.9 Å². The number of hydrogen-bond acceptors (Lipinski definition) is 10. The summed E-state index contributed by atoms with van der Waals surface area (Å²) >= 11 is 0. The van der Waals surface area contributed by atoms with E-state index in [4.69, 9.17) is 9.47 Å². The molecule has 1 saturated carbocycles. The summed E-state index contributed by atoms with van der Waals surface area (Å²) in [5.74, 6) is 0.428. The highest BCUT2D eigenvalue weighted by Crippen LogP contribution is 2.26. The number of nitrogens with one attached hydrogen (secondary N) is 2. The van der Waals surface area contributed by atoms with Gasteiger partial charge in [0, 0.05) is 49.8 Å². The van der Waals surface area contributed by atoms with Gasteiger partial charge in [0.2, 0.25) is 11.8 Å². The van der Waals surface area contributed by atoms with Crippen molar-refractivity contribution in [2.75, 3.05) is 32.8 Å². The van der Waals surface area contributed by atoms with Gasteiger partial charge >= 0.3 is 6.09 Å². The summed E-state index contributed by atoms with van der Waals surface area (Å²) in [6, 6.07) is 17.5. The Hall–Kier alpha value is -5.40. The van der Waals surface area contributed by atoms with E-state index < -0.39 is 18.0 Å². The fourth-order valence-electron chi connectivity index (χ4n) is 5.79. The average molecular weight is 640 g/mol. The van der Waals surface area contributed by atoms with Crippen LogP contribution in [0.2, 0.25) is 0 Å². The van der Waals surface area contributed by atoms with Crippen molar-refractivity contribution >= 4 is 17.9 Å². The molecule has 1 aliphatic carbocycles. The molecule has 47 heavy (non-hydrogen) atoms. The van der Waals surface area contributed by atoms with E-state index in [9.17, 15) is 14.4 Å². The Balaban J connectivity index is 1.24. The van der Waals surface area contributed by atoms with Crippen LogP contribution in [0, 0.1) is 0 Å². The number of nitrogens with zero attached hydrogens (tertiary/aromatic N) is 7. The molecule has 0 radical (unpaired) electrons. The summed E-state index contributed by atoms with van der Waals surface area (Å²) in [4.78, 5) is 52.6. The number of piperazine rings is 1. The van der Waals surface area contributed by atoms with Crippen molar-refractivity contribution < 1.29 is 23.9 Å². The first-order valence-electron chi connectivity index (χ1n) is 15.9. The van der Waals surface area contributed by atoms with Crippen LogP contribution >= 0.6 is 0 Å². The third-order valence-corrected chi connectivity index (χ3v) is 8.29. The topological polar surface area (TPSA) is 168 Å². The minimum absolute atomic E-state index is 0.0303. The van der Waals surface area contributed by atoms with Gasteiger partial charge in [-0.25, -0.2) is 14.9 Å². The highest BCUT2D eigenvalue weighted by atomic mass is 16.6. The van der Waals surface area contributed by atoms with E-state index >= 15 is 0 Å². The maximum atomic E-state index is 14.0. The largest absolute Gasteiger partial charge is 0.474 e. The highest BCUT2D eigenvalue weighted by Gasteiger charge is 2.31. The quantitative estimate of drug-likeness (QED) is 0.263. The lowest BCUT2D eigenvalue weighted by molar-refractivity contribution is -0.134. The van der Waals surface area contributed by atoms with Crippen LogP contribution in [0.4, 0.5) is 4.79 Å². The van der Waals surface area contributed by atoms with Gasteiger partial charge in [-0.05, 0) is 48.6 Å². The molecule has 244 valence electrons. The summed E-state index contributed by atoms with van der Waals surface area (Å²) < 4.78 is 11.3. The van der Waals surface area contributed by atoms with Crippen LogP contribution < -0.4 is 10.1 Å². The van der Waals surface area contributed by atoms with Crippen molar-refractivity contribution in [3.63, 3.8) is 0 Å². The van der Waals surface area contributed by atoms with Crippen LogP contribution in [0.3, 0.4) is 0 Å². The van der Waals surface area contributed by atoms with Gasteiger partial charge in [0.05, 0.1) is 6.61 Å². The molecule has 0 bridgehead atoms. The standard InChI is InChI=1S/C33H37N9O5/c1-2-46-33(45)42-18-16-41(17-19-42)32(44)27(20-22-12-14-24(15-13-22)30-37-39-40-38-30)35-31(43)26-21-28(47-25-10-6-7-11-25)36-29(34-26)23-8-4-3-5-9-23/h3-5,8-9,12-15,21,25,27H,2,6-7,10-11,16-20H2,1H3,(H,35,43)(H,37,38,39,40)/t27-/m0/s1. The van der Waals surface area contributed by atoms with Crippen LogP contribution in [0.5, 0.6) is 5.88 Å². The van der Waals surface area contributed by atoms with E-state index in [1.54, 1.807) is 22.8 Å². The maximum Gasteiger partial charge on any atom is 0.409 e. The second kappa shape index (κ2) is 14.8. The Morgan fingerprint density at radius 1 is 0.936 bits per heavy atom. The lowest BCUT2D eigenvalue weighted by atomic mass is 10.0. The Morgan fingerprint density at radius 2 is 1.66 bits per heavy atom. The zero-order valence-corrected chi connectivity index (χ0v) is 26.2. The molecule has 6 rings (SSSR count). The zero-order valence-electron chi connectivity index (χ0n) is 26.2. The van der Waals surface area contributed by atoms with Gasteiger partial charge in [-0.15, -0.1) is 5.10 Å². The molecular weight excluding hydrogens is 602 g/mol. The molecule has 3 amide bonds. The number of hydrogen-bond donors (Lipinski definition) is 2. The van der Waals surface area contributed by atoms with Crippen molar-refractivity contribution in [2.45, 2.75) is 51.2 Å². The van der Waals surface area contributed by atoms with Crippen LogP contribution in [-0.4, -0.2) is 103 Å². The van der Waals surface area contributed by atoms with Gasteiger partial charge in [0.1, 0.15) is 17.8 Å². The van der Waals surface area contributed by atoms with Crippen LogP contribution in [-0.2, 0) is 16.0 Å². The molecule has 2 fully saturated rings. The van der Waals surface area contributed by atoms with Gasteiger partial charge in [-0.1, -0.05) is 54.6 Å². The SMILES string of the molecule is CCOC(=O)N1CCN(C(=O)[C@H](Cc2ccc(-c3nnn[nH]3)cc2)NC(=O)c2cc(OC3CCCC3)nc(-c3ccccc3)n2)CC1. The molecule has 1 atom stereocenters. The second-order valence-electron chi connectivity index (χ2n) is 11.5. The Kier molecular flexibility index (Phi) is 9.94. The molecule has 14 nitrogen and oxygen atoms in total. The lowest BCUT2D eigenvalue weighted by Gasteiger charge is -2.36. The molecule has 2 aromatic carbocycles. The predicted octanol–water partition coefficient (Wildman–Crippen LogP) is 3.29. The number of tetrazole rings is 1. The van der Waals surface area contributed by atoms with Crippen molar-refractivity contribution in [3.8, 4) is 28.7 Å². The van der Waals surface area contributed by atoms with Crippen LogP contribution in [0.1, 0.15) is 48.7 Å². The number of aromatic amines is 1. The number of carbonyl (C=O) groups is 3. The molecule has 3 heterocycles. The van der Waals surface area contributed by atoms with Crippen molar-refractivity contribution in [1.82, 2.24) is 45.7 Å². The highest BCUT2D eigenvalue weighted by molar-refractivity contribution is 5.96. The number of carbonyl (C=O) groups excluding carboxylic acids is 3. The Labute approximate surface area is 271 Å². The van der Waals surface area contributed by atoms with Crippen LogP contribution in [0.25, 0.3) is 22.8 Å². The van der Waals surface area contributed by atoms with Crippen molar-refractivity contribution in [1.29, 1.82) is 0 Å². The van der Waals surface area contributed by atoms with Gasteiger partial charge in [-0.2, -0.15) is 4.98 Å². The number of benzene rings is 2. The smallest absolute Gasteiger partial charge is 0.409 e. The first-order valence-corrected chi connectivity index (χ1v) is 15.9. The molecule has 4 aromatic rings.